The molecular weight excluding hydrogens is 244 g/mol. The van der Waals surface area contributed by atoms with Gasteiger partial charge in [0.05, 0.1) is 5.75 Å². The summed E-state index contributed by atoms with van der Waals surface area (Å²) in [5.74, 6) is 0.446. The molecule has 1 radical (unpaired) electrons. The Hall–Kier alpha value is -1.81. The van der Waals surface area contributed by atoms with Gasteiger partial charge in [0.15, 0.2) is 0 Å². The van der Waals surface area contributed by atoms with E-state index in [0.717, 1.165) is 10.5 Å². The Morgan fingerprint density at radius 1 is 1.33 bits per heavy atom. The Labute approximate surface area is 111 Å². The van der Waals surface area contributed by atoms with Crippen molar-refractivity contribution in [3.05, 3.63) is 60.4 Å². The third-order valence-electron chi connectivity index (χ3n) is 2.27. The highest BCUT2D eigenvalue weighted by Crippen LogP contribution is 2.15. The minimum absolute atomic E-state index is 0.0247. The predicted molar refractivity (Wildman–Crippen MR) is 72.1 cm³/mol. The number of rotatable bonds is 5. The van der Waals surface area contributed by atoms with E-state index in [2.05, 4.69) is 16.4 Å². The predicted octanol–water partition coefficient (Wildman–Crippen LogP) is 2.29. The normalized spacial score (nSPS) is 10.0. The number of nitrogens with one attached hydrogen (secondary N) is 1. The summed E-state index contributed by atoms with van der Waals surface area (Å²) in [5.41, 5.74) is 1.00. The fourth-order valence-electron chi connectivity index (χ4n) is 1.37. The van der Waals surface area contributed by atoms with E-state index in [1.54, 1.807) is 12.4 Å². The first-order chi connectivity index (χ1) is 8.84. The van der Waals surface area contributed by atoms with E-state index >= 15 is 0 Å². The van der Waals surface area contributed by atoms with Gasteiger partial charge >= 0.3 is 0 Å². The van der Waals surface area contributed by atoms with Gasteiger partial charge in [-0.3, -0.25) is 9.78 Å². The minimum atomic E-state index is 0.0247. The van der Waals surface area contributed by atoms with E-state index in [0.29, 0.717) is 12.3 Å². The van der Waals surface area contributed by atoms with Gasteiger partial charge in [0, 0.05) is 23.8 Å². The molecule has 18 heavy (non-hydrogen) atoms. The molecule has 1 amide bonds. The molecule has 0 atom stereocenters. The highest BCUT2D eigenvalue weighted by atomic mass is 32.2. The molecule has 0 aliphatic carbocycles. The van der Waals surface area contributed by atoms with Gasteiger partial charge in [-0.05, 0) is 29.8 Å². The van der Waals surface area contributed by atoms with Crippen LogP contribution < -0.4 is 5.32 Å². The first kappa shape index (κ1) is 12.6. The molecule has 0 saturated heterocycles. The Morgan fingerprint density at radius 2 is 2.17 bits per heavy atom. The molecule has 91 valence electrons. The van der Waals surface area contributed by atoms with E-state index < -0.39 is 0 Å². The standard InChI is InChI=1S/C14H13N2OS/c17-14(11-18-13-6-2-1-3-7-13)16-10-12-5-4-8-15-9-12/h2-9H,10-11H2,(H,16,17). The second-order valence-corrected chi connectivity index (χ2v) is 4.71. The molecule has 1 aromatic carbocycles. The van der Waals surface area contributed by atoms with Gasteiger partial charge in [-0.2, -0.15) is 0 Å². The van der Waals surface area contributed by atoms with Gasteiger partial charge in [-0.25, -0.2) is 0 Å². The molecule has 0 bridgehead atoms. The summed E-state index contributed by atoms with van der Waals surface area (Å²) >= 11 is 1.52. The van der Waals surface area contributed by atoms with Crippen LogP contribution in [0, 0.1) is 6.07 Å². The van der Waals surface area contributed by atoms with E-state index in [4.69, 9.17) is 0 Å². The van der Waals surface area contributed by atoms with Gasteiger partial charge in [-0.1, -0.05) is 18.2 Å². The summed E-state index contributed by atoms with van der Waals surface area (Å²) in [4.78, 5) is 16.7. The number of carbonyl (C=O) groups is 1. The third kappa shape index (κ3) is 4.22. The number of amides is 1. The molecule has 4 heteroatoms. The molecule has 0 saturated carbocycles. The Kier molecular flexibility index (Phi) is 4.78. The van der Waals surface area contributed by atoms with Gasteiger partial charge < -0.3 is 5.32 Å². The van der Waals surface area contributed by atoms with Crippen molar-refractivity contribution in [1.82, 2.24) is 10.3 Å². The molecule has 1 aromatic heterocycles. The lowest BCUT2D eigenvalue weighted by Gasteiger charge is -2.04. The average molecular weight is 257 g/mol. The van der Waals surface area contributed by atoms with E-state index in [-0.39, 0.29) is 5.91 Å². The van der Waals surface area contributed by atoms with Crippen molar-refractivity contribution >= 4 is 17.7 Å². The number of carbonyl (C=O) groups excluding carboxylic acids is 1. The fourth-order valence-corrected chi connectivity index (χ4v) is 2.10. The van der Waals surface area contributed by atoms with Crippen molar-refractivity contribution in [2.24, 2.45) is 0 Å². The molecule has 1 N–H and O–H groups in total. The monoisotopic (exact) mass is 257 g/mol. The van der Waals surface area contributed by atoms with Crippen LogP contribution in [0.2, 0.25) is 0 Å². The van der Waals surface area contributed by atoms with Crippen LogP contribution in [0.3, 0.4) is 0 Å². The summed E-state index contributed by atoms with van der Waals surface area (Å²) < 4.78 is 0. The third-order valence-corrected chi connectivity index (χ3v) is 3.28. The van der Waals surface area contributed by atoms with Crippen LogP contribution in [0.5, 0.6) is 0 Å². The zero-order valence-corrected chi connectivity index (χ0v) is 10.6. The second kappa shape index (κ2) is 6.81. The molecule has 0 spiro atoms. The summed E-state index contributed by atoms with van der Waals surface area (Å²) in [6.07, 6.45) is 3.47. The van der Waals surface area contributed by atoms with Crippen molar-refractivity contribution in [3.63, 3.8) is 0 Å². The summed E-state index contributed by atoms with van der Waals surface area (Å²) in [6, 6.07) is 14.3. The summed E-state index contributed by atoms with van der Waals surface area (Å²) in [6.45, 7) is 0.524. The second-order valence-electron chi connectivity index (χ2n) is 3.66. The quantitative estimate of drug-likeness (QED) is 0.836. The molecule has 3 nitrogen and oxygen atoms in total. The molecule has 0 aliphatic rings. The maximum absolute atomic E-state index is 11.6. The number of hydrogen-bond donors (Lipinski definition) is 1. The summed E-state index contributed by atoms with van der Waals surface area (Å²) in [5, 5.41) is 2.86. The van der Waals surface area contributed by atoms with Crippen LogP contribution in [0.15, 0.2) is 53.7 Å². The minimum Gasteiger partial charge on any atom is -0.351 e. The fraction of sp³-hybridized carbons (Fsp3) is 0.143. The maximum atomic E-state index is 11.6. The van der Waals surface area contributed by atoms with Crippen molar-refractivity contribution in [2.45, 2.75) is 11.4 Å². The van der Waals surface area contributed by atoms with E-state index in [9.17, 15) is 4.79 Å². The smallest absolute Gasteiger partial charge is 0.230 e. The largest absolute Gasteiger partial charge is 0.351 e. The zero-order valence-electron chi connectivity index (χ0n) is 9.80. The highest BCUT2D eigenvalue weighted by Gasteiger charge is 2.02. The van der Waals surface area contributed by atoms with Crippen LogP contribution in [-0.4, -0.2) is 16.6 Å². The van der Waals surface area contributed by atoms with Crippen molar-refractivity contribution in [3.8, 4) is 0 Å². The maximum Gasteiger partial charge on any atom is 0.230 e. The van der Waals surface area contributed by atoms with Crippen molar-refractivity contribution in [1.29, 1.82) is 0 Å². The van der Waals surface area contributed by atoms with Crippen molar-refractivity contribution < 1.29 is 4.79 Å². The number of hydrogen-bond acceptors (Lipinski definition) is 3. The lowest BCUT2D eigenvalue weighted by Crippen LogP contribution is -2.24. The Bertz CT molecular complexity index is 442. The van der Waals surface area contributed by atoms with E-state index in [1.165, 1.54) is 11.8 Å². The van der Waals surface area contributed by atoms with Crippen LogP contribution in [0.4, 0.5) is 0 Å². The van der Waals surface area contributed by atoms with Gasteiger partial charge in [0.1, 0.15) is 0 Å². The molecule has 2 rings (SSSR count). The van der Waals surface area contributed by atoms with Crippen LogP contribution in [-0.2, 0) is 11.3 Å². The van der Waals surface area contributed by atoms with Crippen molar-refractivity contribution in [2.75, 3.05) is 5.75 Å². The SMILES string of the molecule is O=C(CSc1cc[c]cc1)NCc1cccnc1. The molecule has 1 heterocycles. The number of pyridine rings is 1. The first-order valence-electron chi connectivity index (χ1n) is 5.59. The molecule has 0 aliphatic heterocycles. The topological polar surface area (TPSA) is 42.0 Å². The first-order valence-corrected chi connectivity index (χ1v) is 6.57. The van der Waals surface area contributed by atoms with Gasteiger partial charge in [0.25, 0.3) is 0 Å². The zero-order chi connectivity index (χ0) is 12.6. The Balaban J connectivity index is 1.73. The lowest BCUT2D eigenvalue weighted by molar-refractivity contribution is -0.118. The average Bonchev–Trinajstić information content (AvgIpc) is 2.45. The molecule has 0 fully saturated rings. The highest BCUT2D eigenvalue weighted by molar-refractivity contribution is 8.00. The summed E-state index contributed by atoms with van der Waals surface area (Å²) in [7, 11) is 0. The lowest BCUT2D eigenvalue weighted by atomic mass is 10.3. The van der Waals surface area contributed by atoms with Crippen LogP contribution in [0.25, 0.3) is 0 Å². The molecule has 2 aromatic rings. The van der Waals surface area contributed by atoms with Crippen LogP contribution in [0.1, 0.15) is 5.56 Å². The number of nitrogens with zero attached hydrogens (tertiary/aromatic N) is 1. The molecule has 0 unspecified atom stereocenters. The van der Waals surface area contributed by atoms with Gasteiger partial charge in [0.2, 0.25) is 5.91 Å². The van der Waals surface area contributed by atoms with E-state index in [1.807, 2.05) is 36.4 Å². The van der Waals surface area contributed by atoms with Gasteiger partial charge in [-0.15, -0.1) is 11.8 Å². The Morgan fingerprint density at radius 3 is 2.89 bits per heavy atom. The molecular formula is C14H13N2OS. The number of benzene rings is 1. The number of aromatic nitrogens is 1. The number of thioether (sulfide) groups is 1. The van der Waals surface area contributed by atoms with Crippen LogP contribution >= 0.6 is 11.8 Å².